The van der Waals surface area contributed by atoms with Crippen LogP contribution in [0.25, 0.3) is 10.9 Å². The Labute approximate surface area is 199 Å². The van der Waals surface area contributed by atoms with Crippen molar-refractivity contribution in [3.8, 4) is 5.75 Å². The Morgan fingerprint density at radius 3 is 2.59 bits per heavy atom. The molecule has 180 valence electrons. The molecule has 1 saturated heterocycles. The second kappa shape index (κ2) is 10.2. The van der Waals surface area contributed by atoms with Crippen LogP contribution < -0.4 is 15.4 Å². The van der Waals surface area contributed by atoms with Gasteiger partial charge >= 0.3 is 0 Å². The molecule has 4 rings (SSSR count). The number of alkyl halides is 2. The number of nitrogens with one attached hydrogen (secondary N) is 1. The molecule has 0 unspecified atom stereocenters. The van der Waals surface area contributed by atoms with E-state index in [-0.39, 0.29) is 11.5 Å². The Hall–Kier alpha value is -2.86. The number of rotatable bonds is 6. The van der Waals surface area contributed by atoms with E-state index >= 15 is 0 Å². The Morgan fingerprint density at radius 1 is 1.21 bits per heavy atom. The Bertz CT molecular complexity index is 1210. The van der Waals surface area contributed by atoms with Crippen LogP contribution in [0.5, 0.6) is 5.75 Å². The first-order valence-corrected chi connectivity index (χ1v) is 13.0. The van der Waals surface area contributed by atoms with Crippen LogP contribution in [-0.4, -0.2) is 53.3 Å². The van der Waals surface area contributed by atoms with Crippen molar-refractivity contribution in [1.82, 2.24) is 14.9 Å². The van der Waals surface area contributed by atoms with Gasteiger partial charge in [-0.05, 0) is 43.4 Å². The van der Waals surface area contributed by atoms with E-state index in [9.17, 15) is 13.6 Å². The lowest BCUT2D eigenvalue weighted by atomic mass is 10.0. The van der Waals surface area contributed by atoms with Gasteiger partial charge in [0, 0.05) is 48.9 Å². The number of nitrogens with zero attached hydrogens (tertiary/aromatic N) is 3. The maximum Gasteiger partial charge on any atom is 0.264 e. The van der Waals surface area contributed by atoms with Crippen molar-refractivity contribution in [2.45, 2.75) is 33.7 Å². The molecule has 1 amide bonds. The first kappa shape index (κ1) is 24.3. The van der Waals surface area contributed by atoms with Crippen molar-refractivity contribution >= 4 is 35.9 Å². The molecule has 0 bridgehead atoms. The molecule has 0 aliphatic carbocycles. The lowest BCUT2D eigenvalue weighted by Crippen LogP contribution is -2.38. The first-order valence-electron chi connectivity index (χ1n) is 11.3. The summed E-state index contributed by atoms with van der Waals surface area (Å²) >= 11 is 0. The monoisotopic (exact) mass is 486 g/mol. The van der Waals surface area contributed by atoms with Crippen LogP contribution in [-0.2, 0) is 11.3 Å². The molecular weight excluding hydrogens is 457 g/mol. The van der Waals surface area contributed by atoms with Crippen molar-refractivity contribution in [2.75, 3.05) is 37.8 Å². The van der Waals surface area contributed by atoms with Gasteiger partial charge in [0.15, 0.2) is 0 Å². The molecule has 6 nitrogen and oxygen atoms in total. The minimum Gasteiger partial charge on any atom is -0.496 e. The number of fused-ring (bicyclic) bond motifs is 1. The average Bonchev–Trinajstić information content (AvgIpc) is 2.82. The number of aromatic nitrogens is 2. The van der Waals surface area contributed by atoms with Crippen LogP contribution in [0.3, 0.4) is 0 Å². The Kier molecular flexibility index (Phi) is 7.27. The van der Waals surface area contributed by atoms with Gasteiger partial charge in [-0.3, -0.25) is 4.79 Å². The molecule has 1 aliphatic rings. The highest BCUT2D eigenvalue weighted by Crippen LogP contribution is 2.42. The fourth-order valence-electron chi connectivity index (χ4n) is 4.38. The minimum absolute atomic E-state index is 0.0507. The van der Waals surface area contributed by atoms with Gasteiger partial charge in [-0.15, -0.1) is 0 Å². The van der Waals surface area contributed by atoms with Crippen molar-refractivity contribution < 1.29 is 18.3 Å². The summed E-state index contributed by atoms with van der Waals surface area (Å²) in [5.74, 6) is 2.20. The molecule has 0 atom stereocenters. The predicted octanol–water partition coefficient (Wildman–Crippen LogP) is 4.77. The van der Waals surface area contributed by atoms with Crippen LogP contribution in [0.2, 0.25) is 0 Å². The largest absolute Gasteiger partial charge is 0.496 e. The molecule has 0 saturated carbocycles. The molecule has 0 radical (unpaired) electrons. The third-order valence-corrected chi connectivity index (χ3v) is 8.85. The van der Waals surface area contributed by atoms with E-state index in [0.29, 0.717) is 23.8 Å². The smallest absolute Gasteiger partial charge is 0.264 e. The molecule has 2 aromatic carbocycles. The molecule has 1 N–H and O–H groups in total. The van der Waals surface area contributed by atoms with Crippen molar-refractivity contribution in [1.29, 1.82) is 0 Å². The maximum atomic E-state index is 13.3. The zero-order valence-corrected chi connectivity index (χ0v) is 20.8. The Morgan fingerprint density at radius 2 is 1.94 bits per heavy atom. The van der Waals surface area contributed by atoms with E-state index < -0.39 is 14.3 Å². The van der Waals surface area contributed by atoms with Gasteiger partial charge in [-0.1, -0.05) is 26.1 Å². The quantitative estimate of drug-likeness (QED) is 0.509. The highest BCUT2D eigenvalue weighted by Gasteiger charge is 2.25. The molecule has 1 aliphatic heterocycles. The number of carbonyl (C=O) groups excluding carboxylic acids is 1. The van der Waals surface area contributed by atoms with Gasteiger partial charge in [0.05, 0.1) is 12.6 Å². The summed E-state index contributed by atoms with van der Waals surface area (Å²) in [5.41, 5.74) is 2.21. The van der Waals surface area contributed by atoms with Crippen LogP contribution in [0.4, 0.5) is 14.6 Å². The third-order valence-electron chi connectivity index (χ3n) is 6.34. The normalized spacial score (nSPS) is 14.6. The molecule has 0 spiro atoms. The molecule has 34 heavy (non-hydrogen) atoms. The molecule has 2 heterocycles. The number of anilines is 1. The van der Waals surface area contributed by atoms with Gasteiger partial charge in [0.1, 0.15) is 17.4 Å². The molecular formula is C25H29F2N4O2P. The van der Waals surface area contributed by atoms with Crippen LogP contribution in [0.1, 0.15) is 35.9 Å². The number of methoxy groups -OCH3 is 1. The summed E-state index contributed by atoms with van der Waals surface area (Å²) in [6.07, 6.45) is -0.661. The van der Waals surface area contributed by atoms with E-state index in [2.05, 4.69) is 21.4 Å². The standard InChI is InChI=1S/C25H29F2N4O2P/c1-15-18(6-5-7-19(15)24(26)27)14-28-25-20-12-23(34-10-8-31(9-11-34)17(3)32)22(33-4)13-21(20)29-16(2)30-25/h5-7,12-13,24H,8-11,14H2,1-4H3,(H,28,29,30). The minimum atomic E-state index is -2.51. The predicted molar refractivity (Wildman–Crippen MR) is 133 cm³/mol. The zero-order chi connectivity index (χ0) is 24.4. The van der Waals surface area contributed by atoms with E-state index in [0.717, 1.165) is 52.9 Å². The number of halogens is 2. The van der Waals surface area contributed by atoms with Crippen molar-refractivity contribution in [3.63, 3.8) is 0 Å². The van der Waals surface area contributed by atoms with E-state index in [1.54, 1.807) is 27.0 Å². The number of hydrogen-bond donors (Lipinski definition) is 1. The highest BCUT2D eigenvalue weighted by atomic mass is 31.1. The van der Waals surface area contributed by atoms with E-state index in [1.807, 2.05) is 24.0 Å². The zero-order valence-electron chi connectivity index (χ0n) is 19.9. The summed E-state index contributed by atoms with van der Waals surface area (Å²) in [6, 6.07) is 9.03. The Balaban J connectivity index is 1.67. The lowest BCUT2D eigenvalue weighted by molar-refractivity contribution is -0.128. The van der Waals surface area contributed by atoms with Crippen LogP contribution in [0.15, 0.2) is 30.3 Å². The lowest BCUT2D eigenvalue weighted by Gasteiger charge is -2.32. The van der Waals surface area contributed by atoms with Crippen molar-refractivity contribution in [2.24, 2.45) is 0 Å². The third kappa shape index (κ3) is 4.97. The fraction of sp³-hybridized carbons (Fsp3) is 0.400. The van der Waals surface area contributed by atoms with Gasteiger partial charge in [0.25, 0.3) is 6.43 Å². The SMILES string of the molecule is COc1cc2nc(C)nc(NCc3cccc(C(F)F)c3C)c2cc1P1CCN(C(C)=O)CC1. The summed E-state index contributed by atoms with van der Waals surface area (Å²) in [5, 5.41) is 5.37. The van der Waals surface area contributed by atoms with Gasteiger partial charge in [-0.25, -0.2) is 18.7 Å². The molecule has 1 fully saturated rings. The summed E-state index contributed by atoms with van der Waals surface area (Å²) < 4.78 is 32.4. The highest BCUT2D eigenvalue weighted by molar-refractivity contribution is 7.66. The fourth-order valence-corrected chi connectivity index (χ4v) is 6.83. The summed E-state index contributed by atoms with van der Waals surface area (Å²) in [6.45, 7) is 7.03. The van der Waals surface area contributed by atoms with Gasteiger partial charge in [-0.2, -0.15) is 0 Å². The number of ether oxygens (including phenoxy) is 1. The van der Waals surface area contributed by atoms with Gasteiger partial charge in [0.2, 0.25) is 5.91 Å². The average molecular weight is 487 g/mol. The number of hydrogen-bond acceptors (Lipinski definition) is 5. The molecule has 9 heteroatoms. The van der Waals surface area contributed by atoms with E-state index in [1.165, 1.54) is 6.07 Å². The van der Waals surface area contributed by atoms with E-state index in [4.69, 9.17) is 4.74 Å². The maximum absolute atomic E-state index is 13.3. The summed E-state index contributed by atoms with van der Waals surface area (Å²) in [4.78, 5) is 22.8. The van der Waals surface area contributed by atoms with Crippen molar-refractivity contribution in [3.05, 3.63) is 52.8 Å². The summed E-state index contributed by atoms with van der Waals surface area (Å²) in [7, 11) is 1.17. The topological polar surface area (TPSA) is 67.4 Å². The number of carbonyl (C=O) groups is 1. The van der Waals surface area contributed by atoms with Crippen LogP contribution >= 0.6 is 7.92 Å². The molecule has 1 aromatic heterocycles. The second-order valence-corrected chi connectivity index (χ2v) is 10.9. The number of amides is 1. The van der Waals surface area contributed by atoms with Gasteiger partial charge < -0.3 is 15.0 Å². The van der Waals surface area contributed by atoms with Crippen LogP contribution in [0, 0.1) is 13.8 Å². The number of benzene rings is 2. The second-order valence-electron chi connectivity index (χ2n) is 8.44. The molecule has 3 aromatic rings. The number of aryl methyl sites for hydroxylation is 1. The first-order chi connectivity index (χ1) is 16.3.